The first kappa shape index (κ1) is 10.2. The molecular weight excluding hydrogens is 292 g/mol. The quantitative estimate of drug-likeness (QED) is 0.759. The Morgan fingerprint density at radius 1 is 1.50 bits per heavy atom. The molecule has 0 aliphatic carbocycles. The molecule has 0 unspecified atom stereocenters. The van der Waals surface area contributed by atoms with Gasteiger partial charge in [0.25, 0.3) is 0 Å². The lowest BCUT2D eigenvalue weighted by Gasteiger charge is -2.18. The SMILES string of the molecule is CCCN1CCc2cc(F)c(I)cc21. The summed E-state index contributed by atoms with van der Waals surface area (Å²) in [5.41, 5.74) is 2.40. The van der Waals surface area contributed by atoms with Crippen molar-refractivity contribution >= 4 is 28.3 Å². The van der Waals surface area contributed by atoms with E-state index in [0.717, 1.165) is 35.1 Å². The molecule has 1 aromatic carbocycles. The fourth-order valence-electron chi connectivity index (χ4n) is 1.95. The van der Waals surface area contributed by atoms with Gasteiger partial charge in [-0.05, 0) is 53.1 Å². The molecule has 0 amide bonds. The van der Waals surface area contributed by atoms with Crippen molar-refractivity contribution in [3.05, 3.63) is 27.1 Å². The van der Waals surface area contributed by atoms with Crippen LogP contribution in [0.25, 0.3) is 0 Å². The number of fused-ring (bicyclic) bond motifs is 1. The lowest BCUT2D eigenvalue weighted by Crippen LogP contribution is -2.20. The number of hydrogen-bond donors (Lipinski definition) is 0. The van der Waals surface area contributed by atoms with Gasteiger partial charge >= 0.3 is 0 Å². The van der Waals surface area contributed by atoms with Crippen LogP contribution in [0, 0.1) is 9.39 Å². The summed E-state index contributed by atoms with van der Waals surface area (Å²) in [6.07, 6.45) is 2.14. The van der Waals surface area contributed by atoms with Gasteiger partial charge in [-0.15, -0.1) is 0 Å². The van der Waals surface area contributed by atoms with E-state index in [2.05, 4.69) is 34.4 Å². The van der Waals surface area contributed by atoms with E-state index in [-0.39, 0.29) is 5.82 Å². The van der Waals surface area contributed by atoms with Crippen LogP contribution in [0.2, 0.25) is 0 Å². The van der Waals surface area contributed by atoms with Crippen molar-refractivity contribution in [2.75, 3.05) is 18.0 Å². The lowest BCUT2D eigenvalue weighted by molar-refractivity contribution is 0.619. The Morgan fingerprint density at radius 3 is 3.00 bits per heavy atom. The van der Waals surface area contributed by atoms with Crippen molar-refractivity contribution in [3.63, 3.8) is 0 Å². The molecule has 3 heteroatoms. The number of benzene rings is 1. The third-order valence-corrected chi connectivity index (χ3v) is 3.43. The first-order valence-corrected chi connectivity index (χ1v) is 6.03. The number of rotatable bonds is 2. The van der Waals surface area contributed by atoms with E-state index in [1.54, 1.807) is 6.07 Å². The highest BCUT2D eigenvalue weighted by Gasteiger charge is 2.19. The molecule has 0 radical (unpaired) electrons. The third-order valence-electron chi connectivity index (χ3n) is 2.61. The second-order valence-corrected chi connectivity index (χ2v) is 4.79. The van der Waals surface area contributed by atoms with Crippen LogP contribution in [-0.4, -0.2) is 13.1 Å². The van der Waals surface area contributed by atoms with Gasteiger partial charge in [-0.2, -0.15) is 0 Å². The van der Waals surface area contributed by atoms with Crippen molar-refractivity contribution in [3.8, 4) is 0 Å². The Morgan fingerprint density at radius 2 is 2.29 bits per heavy atom. The maximum atomic E-state index is 13.3. The molecular formula is C11H13FIN. The van der Waals surface area contributed by atoms with E-state index in [0.29, 0.717) is 0 Å². The molecule has 1 aliphatic heterocycles. The molecule has 0 saturated carbocycles. The fourth-order valence-corrected chi connectivity index (χ4v) is 2.40. The topological polar surface area (TPSA) is 3.24 Å². The zero-order valence-electron chi connectivity index (χ0n) is 8.19. The van der Waals surface area contributed by atoms with Gasteiger partial charge in [-0.1, -0.05) is 6.92 Å². The molecule has 0 fully saturated rings. The molecule has 0 saturated heterocycles. The third kappa shape index (κ3) is 1.74. The van der Waals surface area contributed by atoms with Crippen LogP contribution in [0.15, 0.2) is 12.1 Å². The maximum Gasteiger partial charge on any atom is 0.136 e. The highest BCUT2D eigenvalue weighted by atomic mass is 127. The van der Waals surface area contributed by atoms with Crippen LogP contribution in [-0.2, 0) is 6.42 Å². The highest BCUT2D eigenvalue weighted by molar-refractivity contribution is 14.1. The molecule has 0 spiro atoms. The van der Waals surface area contributed by atoms with Crippen LogP contribution in [0.1, 0.15) is 18.9 Å². The fraction of sp³-hybridized carbons (Fsp3) is 0.455. The number of halogens is 2. The molecule has 2 rings (SSSR count). The van der Waals surface area contributed by atoms with E-state index in [9.17, 15) is 4.39 Å². The van der Waals surface area contributed by atoms with Crippen LogP contribution in [0.4, 0.5) is 10.1 Å². The van der Waals surface area contributed by atoms with E-state index in [1.807, 2.05) is 6.07 Å². The number of nitrogens with zero attached hydrogens (tertiary/aromatic N) is 1. The summed E-state index contributed by atoms with van der Waals surface area (Å²) in [4.78, 5) is 2.34. The zero-order valence-corrected chi connectivity index (χ0v) is 10.3. The minimum atomic E-state index is -0.0808. The van der Waals surface area contributed by atoms with Crippen LogP contribution in [0.5, 0.6) is 0 Å². The number of anilines is 1. The Labute approximate surface area is 97.4 Å². The van der Waals surface area contributed by atoms with Gasteiger partial charge in [0.15, 0.2) is 0 Å². The van der Waals surface area contributed by atoms with Crippen LogP contribution in [0.3, 0.4) is 0 Å². The molecule has 0 bridgehead atoms. The van der Waals surface area contributed by atoms with Crippen LogP contribution >= 0.6 is 22.6 Å². The summed E-state index contributed by atoms with van der Waals surface area (Å²) in [6.45, 7) is 4.30. The van der Waals surface area contributed by atoms with Crippen molar-refractivity contribution in [1.29, 1.82) is 0 Å². The van der Waals surface area contributed by atoms with Gasteiger partial charge in [0.2, 0.25) is 0 Å². The summed E-state index contributed by atoms with van der Waals surface area (Å²) < 4.78 is 14.0. The minimum Gasteiger partial charge on any atom is -0.371 e. The molecule has 1 aliphatic rings. The predicted octanol–water partition coefficient (Wildman–Crippen LogP) is 3.20. The molecule has 0 N–H and O–H groups in total. The molecule has 0 atom stereocenters. The van der Waals surface area contributed by atoms with E-state index >= 15 is 0 Å². The monoisotopic (exact) mass is 305 g/mol. The zero-order chi connectivity index (χ0) is 10.1. The van der Waals surface area contributed by atoms with Crippen LogP contribution < -0.4 is 4.90 Å². The normalized spacial score (nSPS) is 14.6. The maximum absolute atomic E-state index is 13.3. The van der Waals surface area contributed by atoms with Crippen molar-refractivity contribution in [2.45, 2.75) is 19.8 Å². The van der Waals surface area contributed by atoms with Gasteiger partial charge in [0, 0.05) is 18.8 Å². The molecule has 1 nitrogen and oxygen atoms in total. The largest absolute Gasteiger partial charge is 0.371 e. The molecule has 14 heavy (non-hydrogen) atoms. The van der Waals surface area contributed by atoms with Gasteiger partial charge in [-0.25, -0.2) is 4.39 Å². The van der Waals surface area contributed by atoms with Gasteiger partial charge in [0.05, 0.1) is 3.57 Å². The average Bonchev–Trinajstić information content (AvgIpc) is 2.51. The average molecular weight is 305 g/mol. The Hall–Kier alpha value is -0.320. The summed E-state index contributed by atoms with van der Waals surface area (Å²) in [5.74, 6) is -0.0808. The Bertz CT molecular complexity index is 351. The predicted molar refractivity (Wildman–Crippen MR) is 65.3 cm³/mol. The second-order valence-electron chi connectivity index (χ2n) is 3.63. The minimum absolute atomic E-state index is 0.0808. The highest BCUT2D eigenvalue weighted by Crippen LogP contribution is 2.31. The number of hydrogen-bond acceptors (Lipinski definition) is 1. The summed E-state index contributed by atoms with van der Waals surface area (Å²) in [6, 6.07) is 3.65. The molecule has 1 heterocycles. The van der Waals surface area contributed by atoms with E-state index in [4.69, 9.17) is 0 Å². The van der Waals surface area contributed by atoms with Gasteiger partial charge < -0.3 is 4.90 Å². The Balaban J connectivity index is 2.35. The standard InChI is InChI=1S/C11H13FIN/c1-2-4-14-5-3-8-6-9(12)10(13)7-11(8)14/h6-7H,2-5H2,1H3. The lowest BCUT2D eigenvalue weighted by atomic mass is 10.1. The van der Waals surface area contributed by atoms with E-state index < -0.39 is 0 Å². The second kappa shape index (κ2) is 4.04. The van der Waals surface area contributed by atoms with Gasteiger partial charge in [0.1, 0.15) is 5.82 Å². The van der Waals surface area contributed by atoms with Gasteiger partial charge in [-0.3, -0.25) is 0 Å². The first-order chi connectivity index (χ1) is 6.72. The van der Waals surface area contributed by atoms with Crippen molar-refractivity contribution < 1.29 is 4.39 Å². The Kier molecular flexibility index (Phi) is 2.95. The van der Waals surface area contributed by atoms with Crippen molar-refractivity contribution in [1.82, 2.24) is 0 Å². The van der Waals surface area contributed by atoms with Crippen molar-refractivity contribution in [2.24, 2.45) is 0 Å². The summed E-state index contributed by atoms with van der Waals surface area (Å²) >= 11 is 2.05. The van der Waals surface area contributed by atoms with E-state index in [1.165, 1.54) is 5.69 Å². The molecule has 76 valence electrons. The summed E-state index contributed by atoms with van der Waals surface area (Å²) in [5, 5.41) is 0. The molecule has 0 aromatic heterocycles. The smallest absolute Gasteiger partial charge is 0.136 e. The summed E-state index contributed by atoms with van der Waals surface area (Å²) in [7, 11) is 0. The first-order valence-electron chi connectivity index (χ1n) is 4.95. The molecule has 1 aromatic rings.